The maximum Gasteiger partial charge on any atom is 0.224 e. The summed E-state index contributed by atoms with van der Waals surface area (Å²) in [6.07, 6.45) is 4.74. The standard InChI is InChI=1S/C14H18N2O/c1-9(17)16-12-7-3-2-5-10(12)14-11(15)6-4-8-13(14)16/h4,6,8,10,12H,2-3,5,7,15H2,1H3. The van der Waals surface area contributed by atoms with Crippen molar-refractivity contribution in [2.75, 3.05) is 10.6 Å². The zero-order valence-corrected chi connectivity index (χ0v) is 10.1. The number of nitrogen functional groups attached to an aromatic ring is 1. The Kier molecular flexibility index (Phi) is 2.35. The summed E-state index contributed by atoms with van der Waals surface area (Å²) in [7, 11) is 0. The van der Waals surface area contributed by atoms with Gasteiger partial charge in [0.15, 0.2) is 0 Å². The van der Waals surface area contributed by atoms with Crippen LogP contribution in [0.1, 0.15) is 44.1 Å². The molecule has 1 aliphatic carbocycles. The molecule has 0 radical (unpaired) electrons. The van der Waals surface area contributed by atoms with Gasteiger partial charge in [-0.15, -0.1) is 0 Å². The van der Waals surface area contributed by atoms with Gasteiger partial charge in [-0.1, -0.05) is 18.9 Å². The fraction of sp³-hybridized carbons (Fsp3) is 0.500. The van der Waals surface area contributed by atoms with Gasteiger partial charge in [-0.2, -0.15) is 0 Å². The smallest absolute Gasteiger partial charge is 0.224 e. The normalized spacial score (nSPS) is 26.5. The van der Waals surface area contributed by atoms with E-state index in [0.29, 0.717) is 12.0 Å². The van der Waals surface area contributed by atoms with Gasteiger partial charge in [0, 0.05) is 35.8 Å². The van der Waals surface area contributed by atoms with Crippen LogP contribution >= 0.6 is 0 Å². The van der Waals surface area contributed by atoms with E-state index in [1.165, 1.54) is 18.4 Å². The van der Waals surface area contributed by atoms with Gasteiger partial charge in [-0.25, -0.2) is 0 Å². The molecule has 0 saturated heterocycles. The van der Waals surface area contributed by atoms with Crippen molar-refractivity contribution in [3.05, 3.63) is 23.8 Å². The summed E-state index contributed by atoms with van der Waals surface area (Å²) in [6, 6.07) is 6.28. The fourth-order valence-corrected chi connectivity index (χ4v) is 3.52. The second-order valence-electron chi connectivity index (χ2n) is 5.13. The number of anilines is 2. The Hall–Kier alpha value is -1.51. The zero-order valence-electron chi connectivity index (χ0n) is 10.1. The molecule has 3 heteroatoms. The van der Waals surface area contributed by atoms with Crippen LogP contribution in [0.5, 0.6) is 0 Å². The molecule has 1 aromatic rings. The first-order chi connectivity index (χ1) is 8.20. The monoisotopic (exact) mass is 230 g/mol. The quantitative estimate of drug-likeness (QED) is 0.696. The minimum atomic E-state index is 0.145. The van der Waals surface area contributed by atoms with Gasteiger partial charge in [-0.3, -0.25) is 4.79 Å². The summed E-state index contributed by atoms with van der Waals surface area (Å²) < 4.78 is 0. The number of hydrogen-bond acceptors (Lipinski definition) is 2. The molecule has 2 aliphatic rings. The van der Waals surface area contributed by atoms with Gasteiger partial charge in [-0.05, 0) is 25.0 Å². The average molecular weight is 230 g/mol. The molecule has 17 heavy (non-hydrogen) atoms. The number of benzene rings is 1. The predicted molar refractivity (Wildman–Crippen MR) is 69.0 cm³/mol. The van der Waals surface area contributed by atoms with Crippen LogP contribution in [-0.4, -0.2) is 11.9 Å². The first-order valence-electron chi connectivity index (χ1n) is 6.38. The second kappa shape index (κ2) is 3.76. The van der Waals surface area contributed by atoms with Crippen LogP contribution in [0.15, 0.2) is 18.2 Å². The van der Waals surface area contributed by atoms with Crippen LogP contribution in [0.2, 0.25) is 0 Å². The fourth-order valence-electron chi connectivity index (χ4n) is 3.52. The van der Waals surface area contributed by atoms with Crippen molar-refractivity contribution in [3.63, 3.8) is 0 Å². The second-order valence-corrected chi connectivity index (χ2v) is 5.13. The summed E-state index contributed by atoms with van der Waals surface area (Å²) in [6.45, 7) is 1.66. The van der Waals surface area contributed by atoms with Crippen molar-refractivity contribution < 1.29 is 4.79 Å². The van der Waals surface area contributed by atoms with E-state index < -0.39 is 0 Å². The molecule has 0 spiro atoms. The molecule has 1 saturated carbocycles. The van der Waals surface area contributed by atoms with Crippen molar-refractivity contribution in [1.82, 2.24) is 0 Å². The Morgan fingerprint density at radius 1 is 1.35 bits per heavy atom. The van der Waals surface area contributed by atoms with E-state index in [2.05, 4.69) is 0 Å². The van der Waals surface area contributed by atoms with E-state index in [-0.39, 0.29) is 5.91 Å². The third-order valence-electron chi connectivity index (χ3n) is 4.15. The molecule has 0 bridgehead atoms. The van der Waals surface area contributed by atoms with E-state index >= 15 is 0 Å². The first kappa shape index (κ1) is 10.6. The molecule has 1 amide bonds. The van der Waals surface area contributed by atoms with E-state index in [0.717, 1.165) is 24.2 Å². The molecular formula is C14H18N2O. The summed E-state index contributed by atoms with van der Waals surface area (Å²) >= 11 is 0. The SMILES string of the molecule is CC(=O)N1c2cccc(N)c2C2CCCCC21. The first-order valence-corrected chi connectivity index (χ1v) is 6.38. The number of hydrogen-bond donors (Lipinski definition) is 1. The zero-order chi connectivity index (χ0) is 12.0. The molecule has 1 heterocycles. The molecule has 2 atom stereocenters. The molecular weight excluding hydrogens is 212 g/mol. The van der Waals surface area contributed by atoms with Crippen LogP contribution < -0.4 is 10.6 Å². The van der Waals surface area contributed by atoms with E-state index in [1.54, 1.807) is 6.92 Å². The van der Waals surface area contributed by atoms with E-state index in [1.807, 2.05) is 23.1 Å². The Labute approximate surface area is 102 Å². The highest BCUT2D eigenvalue weighted by atomic mass is 16.2. The Balaban J connectivity index is 2.15. The Bertz CT molecular complexity index is 469. The minimum absolute atomic E-state index is 0.145. The van der Waals surface area contributed by atoms with Crippen molar-refractivity contribution in [1.29, 1.82) is 0 Å². The lowest BCUT2D eigenvalue weighted by atomic mass is 9.82. The molecule has 90 valence electrons. The van der Waals surface area contributed by atoms with Gasteiger partial charge < -0.3 is 10.6 Å². The topological polar surface area (TPSA) is 46.3 Å². The highest BCUT2D eigenvalue weighted by Crippen LogP contribution is 2.49. The Morgan fingerprint density at radius 3 is 2.88 bits per heavy atom. The molecule has 3 nitrogen and oxygen atoms in total. The number of rotatable bonds is 0. The maximum absolute atomic E-state index is 11.9. The number of carbonyl (C=O) groups is 1. The summed E-state index contributed by atoms with van der Waals surface area (Å²) in [4.78, 5) is 13.8. The summed E-state index contributed by atoms with van der Waals surface area (Å²) in [5, 5.41) is 0. The van der Waals surface area contributed by atoms with Gasteiger partial charge in [0.1, 0.15) is 0 Å². The number of fused-ring (bicyclic) bond motifs is 3. The van der Waals surface area contributed by atoms with Crippen molar-refractivity contribution in [2.24, 2.45) is 0 Å². The molecule has 1 aliphatic heterocycles. The molecule has 3 rings (SSSR count). The minimum Gasteiger partial charge on any atom is -0.398 e. The third kappa shape index (κ3) is 1.45. The molecule has 1 fully saturated rings. The van der Waals surface area contributed by atoms with Gasteiger partial charge in [0.25, 0.3) is 0 Å². The van der Waals surface area contributed by atoms with Crippen LogP contribution in [0.4, 0.5) is 11.4 Å². The van der Waals surface area contributed by atoms with Gasteiger partial charge >= 0.3 is 0 Å². The van der Waals surface area contributed by atoms with Crippen molar-refractivity contribution in [2.45, 2.75) is 44.6 Å². The third-order valence-corrected chi connectivity index (χ3v) is 4.15. The number of amides is 1. The van der Waals surface area contributed by atoms with Crippen LogP contribution in [0.25, 0.3) is 0 Å². The molecule has 2 unspecified atom stereocenters. The highest BCUT2D eigenvalue weighted by Gasteiger charge is 2.42. The van der Waals surface area contributed by atoms with Crippen LogP contribution in [0, 0.1) is 0 Å². The molecule has 0 aromatic heterocycles. The predicted octanol–water partition coefficient (Wildman–Crippen LogP) is 2.66. The number of nitrogens with zero attached hydrogens (tertiary/aromatic N) is 1. The maximum atomic E-state index is 11.9. The van der Waals surface area contributed by atoms with Crippen molar-refractivity contribution >= 4 is 17.3 Å². The lowest BCUT2D eigenvalue weighted by Crippen LogP contribution is -2.39. The molecule has 1 aromatic carbocycles. The van der Waals surface area contributed by atoms with E-state index in [4.69, 9.17) is 5.73 Å². The van der Waals surface area contributed by atoms with E-state index in [9.17, 15) is 4.79 Å². The largest absolute Gasteiger partial charge is 0.398 e. The lowest BCUT2D eigenvalue weighted by Gasteiger charge is -2.31. The summed E-state index contributed by atoms with van der Waals surface area (Å²) in [5.41, 5.74) is 9.22. The van der Waals surface area contributed by atoms with Crippen LogP contribution in [-0.2, 0) is 4.79 Å². The average Bonchev–Trinajstić information content (AvgIpc) is 2.64. The van der Waals surface area contributed by atoms with Crippen molar-refractivity contribution in [3.8, 4) is 0 Å². The Morgan fingerprint density at radius 2 is 2.12 bits per heavy atom. The lowest BCUT2D eigenvalue weighted by molar-refractivity contribution is -0.117. The van der Waals surface area contributed by atoms with Gasteiger partial charge in [0.05, 0.1) is 0 Å². The number of nitrogens with two attached hydrogens (primary N) is 1. The van der Waals surface area contributed by atoms with Crippen LogP contribution in [0.3, 0.4) is 0 Å². The highest BCUT2D eigenvalue weighted by molar-refractivity contribution is 5.96. The number of carbonyl (C=O) groups excluding carboxylic acids is 1. The molecule has 2 N–H and O–H groups in total. The summed E-state index contributed by atoms with van der Waals surface area (Å²) in [5.74, 6) is 0.607. The van der Waals surface area contributed by atoms with Gasteiger partial charge in [0.2, 0.25) is 5.91 Å².